The first-order valence-corrected chi connectivity index (χ1v) is 10.6. The van der Waals surface area contributed by atoms with Crippen LogP contribution in [-0.2, 0) is 11.2 Å². The van der Waals surface area contributed by atoms with Crippen molar-refractivity contribution in [1.82, 2.24) is 9.80 Å². The van der Waals surface area contributed by atoms with Crippen molar-refractivity contribution in [2.75, 3.05) is 19.6 Å². The number of amides is 2. The van der Waals surface area contributed by atoms with E-state index in [1.165, 1.54) is 4.90 Å². The summed E-state index contributed by atoms with van der Waals surface area (Å²) in [6.45, 7) is 4.84. The molecule has 1 fully saturated rings. The molecule has 0 spiro atoms. The average Bonchev–Trinajstić information content (AvgIpc) is 2.72. The highest BCUT2D eigenvalue weighted by molar-refractivity contribution is 5.79. The molecule has 4 N–H and O–H groups in total. The highest BCUT2D eigenvalue weighted by atomic mass is 16.4. The molecule has 7 heteroatoms. The number of rotatable bonds is 9. The largest absolute Gasteiger partial charge is 0.465 e. The lowest BCUT2D eigenvalue weighted by molar-refractivity contribution is -0.140. The summed E-state index contributed by atoms with van der Waals surface area (Å²) in [5, 5.41) is 20.5. The molecule has 0 bridgehead atoms. The Kier molecular flexibility index (Phi) is 8.92. The van der Waals surface area contributed by atoms with Crippen LogP contribution in [0.5, 0.6) is 0 Å². The molecule has 0 unspecified atom stereocenters. The summed E-state index contributed by atoms with van der Waals surface area (Å²) in [6.07, 6.45) is 1.80. The van der Waals surface area contributed by atoms with E-state index in [1.807, 2.05) is 30.3 Å². The maximum absolute atomic E-state index is 13.0. The molecule has 1 aliphatic rings. The van der Waals surface area contributed by atoms with Crippen LogP contribution in [0.1, 0.15) is 45.1 Å². The second-order valence-electron chi connectivity index (χ2n) is 7.95. The minimum Gasteiger partial charge on any atom is -0.465 e. The first-order valence-electron chi connectivity index (χ1n) is 10.6. The number of carbonyl (C=O) groups is 2. The number of nitrogens with zero attached hydrogens (tertiary/aromatic N) is 2. The fraction of sp³-hybridized carbons (Fsp3) is 0.636. The van der Waals surface area contributed by atoms with Crippen molar-refractivity contribution < 1.29 is 19.8 Å². The van der Waals surface area contributed by atoms with Gasteiger partial charge in [0, 0.05) is 31.6 Å². The van der Waals surface area contributed by atoms with Crippen LogP contribution in [0.2, 0.25) is 0 Å². The molecule has 29 heavy (non-hydrogen) atoms. The van der Waals surface area contributed by atoms with Crippen molar-refractivity contribution in [1.29, 1.82) is 0 Å². The summed E-state index contributed by atoms with van der Waals surface area (Å²) in [5.74, 6) is 0.0183. The Hall–Kier alpha value is -2.12. The standard InChI is InChI=1S/C22H35N3O4/c1-3-8-17(9-4-2)21(27)24-12-13-25(22(28)29)19(15-24)20(26)18(23)14-16-10-6-5-7-11-16/h5-7,10-11,17-20,26H,3-4,8-9,12-15,23H2,1-2H3,(H,28,29)/t18-,19-,20+/m1/s1. The Labute approximate surface area is 173 Å². The third-order valence-corrected chi connectivity index (χ3v) is 5.75. The van der Waals surface area contributed by atoms with Crippen LogP contribution in [0.4, 0.5) is 4.79 Å². The summed E-state index contributed by atoms with van der Waals surface area (Å²) >= 11 is 0. The van der Waals surface area contributed by atoms with Crippen LogP contribution >= 0.6 is 0 Å². The van der Waals surface area contributed by atoms with Gasteiger partial charge in [-0.25, -0.2) is 4.79 Å². The minimum atomic E-state index is -1.09. The molecule has 0 aromatic heterocycles. The molecule has 162 valence electrons. The number of nitrogens with two attached hydrogens (primary N) is 1. The fourth-order valence-corrected chi connectivity index (χ4v) is 4.18. The van der Waals surface area contributed by atoms with Gasteiger partial charge in [0.05, 0.1) is 12.1 Å². The third-order valence-electron chi connectivity index (χ3n) is 5.75. The Balaban J connectivity index is 2.12. The Bertz CT molecular complexity index is 649. The molecule has 2 rings (SSSR count). The lowest BCUT2D eigenvalue weighted by Crippen LogP contribution is -2.64. The molecule has 1 saturated heterocycles. The molecule has 7 nitrogen and oxygen atoms in total. The van der Waals surface area contributed by atoms with Crippen molar-refractivity contribution in [3.8, 4) is 0 Å². The number of carboxylic acid groups (broad SMARTS) is 1. The van der Waals surface area contributed by atoms with Gasteiger partial charge in [0.2, 0.25) is 5.91 Å². The molecule has 3 atom stereocenters. The monoisotopic (exact) mass is 405 g/mol. The van der Waals surface area contributed by atoms with E-state index in [2.05, 4.69) is 13.8 Å². The van der Waals surface area contributed by atoms with E-state index in [9.17, 15) is 19.8 Å². The second kappa shape index (κ2) is 11.2. The zero-order valence-corrected chi connectivity index (χ0v) is 17.5. The zero-order chi connectivity index (χ0) is 21.4. The van der Waals surface area contributed by atoms with Crippen molar-refractivity contribution in [2.45, 2.75) is 64.1 Å². The van der Waals surface area contributed by atoms with Crippen LogP contribution < -0.4 is 5.73 Å². The van der Waals surface area contributed by atoms with Gasteiger partial charge in [-0.05, 0) is 24.8 Å². The van der Waals surface area contributed by atoms with Gasteiger partial charge in [-0.3, -0.25) is 9.69 Å². The normalized spacial score (nSPS) is 19.3. The van der Waals surface area contributed by atoms with Gasteiger partial charge in [-0.15, -0.1) is 0 Å². The van der Waals surface area contributed by atoms with Crippen LogP contribution in [0.15, 0.2) is 30.3 Å². The molecule has 1 aromatic rings. The molecular weight excluding hydrogens is 370 g/mol. The average molecular weight is 406 g/mol. The lowest BCUT2D eigenvalue weighted by atomic mass is 9.93. The van der Waals surface area contributed by atoms with E-state index in [0.29, 0.717) is 13.0 Å². The summed E-state index contributed by atoms with van der Waals surface area (Å²) in [6, 6.07) is 8.22. The van der Waals surface area contributed by atoms with Gasteiger partial charge < -0.3 is 20.8 Å². The van der Waals surface area contributed by atoms with E-state index >= 15 is 0 Å². The molecule has 0 aliphatic carbocycles. The second-order valence-corrected chi connectivity index (χ2v) is 7.95. The van der Waals surface area contributed by atoms with Crippen molar-refractivity contribution >= 4 is 12.0 Å². The van der Waals surface area contributed by atoms with Crippen LogP contribution in [-0.4, -0.2) is 69.8 Å². The summed E-state index contributed by atoms with van der Waals surface area (Å²) in [5.41, 5.74) is 7.23. The Morgan fingerprint density at radius 3 is 2.31 bits per heavy atom. The third kappa shape index (κ3) is 6.18. The van der Waals surface area contributed by atoms with E-state index in [-0.39, 0.29) is 24.9 Å². The minimum absolute atomic E-state index is 0.0443. The van der Waals surface area contributed by atoms with Crippen molar-refractivity contribution in [2.24, 2.45) is 11.7 Å². The van der Waals surface area contributed by atoms with Gasteiger partial charge in [0.25, 0.3) is 0 Å². The van der Waals surface area contributed by atoms with Crippen LogP contribution in [0.3, 0.4) is 0 Å². The quantitative estimate of drug-likeness (QED) is 0.584. The Morgan fingerprint density at radius 2 is 1.76 bits per heavy atom. The highest BCUT2D eigenvalue weighted by Gasteiger charge is 2.39. The number of carbonyl (C=O) groups excluding carboxylic acids is 1. The van der Waals surface area contributed by atoms with E-state index in [1.54, 1.807) is 4.90 Å². The summed E-state index contributed by atoms with van der Waals surface area (Å²) in [4.78, 5) is 27.7. The lowest BCUT2D eigenvalue weighted by Gasteiger charge is -2.44. The molecule has 1 aromatic carbocycles. The summed E-state index contributed by atoms with van der Waals surface area (Å²) in [7, 11) is 0. The summed E-state index contributed by atoms with van der Waals surface area (Å²) < 4.78 is 0. The fourth-order valence-electron chi connectivity index (χ4n) is 4.18. The van der Waals surface area contributed by atoms with Crippen LogP contribution in [0.25, 0.3) is 0 Å². The maximum Gasteiger partial charge on any atom is 0.407 e. The molecule has 0 radical (unpaired) electrons. The first-order chi connectivity index (χ1) is 13.9. The molecule has 1 heterocycles. The van der Waals surface area contributed by atoms with E-state index in [0.717, 1.165) is 31.2 Å². The van der Waals surface area contributed by atoms with Gasteiger partial charge >= 0.3 is 6.09 Å². The number of hydrogen-bond acceptors (Lipinski definition) is 4. The number of aliphatic hydroxyl groups excluding tert-OH is 1. The van der Waals surface area contributed by atoms with Crippen molar-refractivity contribution in [3.63, 3.8) is 0 Å². The van der Waals surface area contributed by atoms with E-state index < -0.39 is 24.3 Å². The number of hydrogen-bond donors (Lipinski definition) is 3. The van der Waals surface area contributed by atoms with E-state index in [4.69, 9.17) is 5.73 Å². The first kappa shape index (κ1) is 23.2. The van der Waals surface area contributed by atoms with Crippen LogP contribution in [0, 0.1) is 5.92 Å². The molecule has 0 saturated carbocycles. The Morgan fingerprint density at radius 1 is 1.14 bits per heavy atom. The SMILES string of the molecule is CCCC(CCC)C(=O)N1CCN(C(=O)O)[C@@H]([C@@H](O)[C@H](N)Cc2ccccc2)C1. The molecule has 2 amide bonds. The number of benzene rings is 1. The van der Waals surface area contributed by atoms with Crippen molar-refractivity contribution in [3.05, 3.63) is 35.9 Å². The zero-order valence-electron chi connectivity index (χ0n) is 17.5. The molecular formula is C22H35N3O4. The van der Waals surface area contributed by atoms with Gasteiger partial charge in [-0.1, -0.05) is 57.0 Å². The number of aliphatic hydroxyl groups is 1. The van der Waals surface area contributed by atoms with Gasteiger partial charge in [0.15, 0.2) is 0 Å². The molecule has 1 aliphatic heterocycles. The maximum atomic E-state index is 13.0. The number of piperazine rings is 1. The topological polar surface area (TPSA) is 107 Å². The predicted molar refractivity (Wildman–Crippen MR) is 113 cm³/mol. The highest BCUT2D eigenvalue weighted by Crippen LogP contribution is 2.22. The van der Waals surface area contributed by atoms with Gasteiger partial charge in [0.1, 0.15) is 0 Å². The predicted octanol–water partition coefficient (Wildman–Crippen LogP) is 2.32. The van der Waals surface area contributed by atoms with Gasteiger partial charge in [-0.2, -0.15) is 0 Å². The smallest absolute Gasteiger partial charge is 0.407 e.